The Bertz CT molecular complexity index is 450. The van der Waals surface area contributed by atoms with Gasteiger partial charge in [-0.2, -0.15) is 0 Å². The minimum Gasteiger partial charge on any atom is -0.366 e. The SMILES string of the molecule is CC(N)CC(=O)Nc1ccc(C(N)=O)c(Cl)c1.Cl. The molecule has 0 aliphatic heterocycles. The van der Waals surface area contributed by atoms with Crippen LogP contribution in [0.15, 0.2) is 18.2 Å². The molecule has 0 saturated heterocycles. The van der Waals surface area contributed by atoms with Gasteiger partial charge in [0, 0.05) is 18.2 Å². The monoisotopic (exact) mass is 291 g/mol. The van der Waals surface area contributed by atoms with Crippen LogP contribution in [0.5, 0.6) is 0 Å². The lowest BCUT2D eigenvalue weighted by atomic mass is 10.2. The zero-order valence-electron chi connectivity index (χ0n) is 9.77. The van der Waals surface area contributed by atoms with E-state index in [1.807, 2.05) is 0 Å². The molecule has 7 heteroatoms. The molecule has 2 amide bonds. The highest BCUT2D eigenvalue weighted by molar-refractivity contribution is 6.34. The summed E-state index contributed by atoms with van der Waals surface area (Å²) in [5, 5.41) is 2.83. The molecule has 1 aromatic carbocycles. The van der Waals surface area contributed by atoms with Crippen LogP contribution in [0, 0.1) is 0 Å². The first-order valence-electron chi connectivity index (χ1n) is 5.05. The van der Waals surface area contributed by atoms with Crippen LogP contribution in [0.25, 0.3) is 0 Å². The molecule has 0 fully saturated rings. The van der Waals surface area contributed by atoms with Gasteiger partial charge in [0.25, 0.3) is 0 Å². The molecule has 1 atom stereocenters. The summed E-state index contributed by atoms with van der Waals surface area (Å²) in [6.45, 7) is 1.74. The van der Waals surface area contributed by atoms with E-state index in [2.05, 4.69) is 5.32 Å². The van der Waals surface area contributed by atoms with Gasteiger partial charge in [0.1, 0.15) is 0 Å². The third-order valence-electron chi connectivity index (χ3n) is 2.03. The Morgan fingerprint density at radius 1 is 1.44 bits per heavy atom. The lowest BCUT2D eigenvalue weighted by Crippen LogP contribution is -2.24. The van der Waals surface area contributed by atoms with Gasteiger partial charge >= 0.3 is 0 Å². The van der Waals surface area contributed by atoms with Crippen LogP contribution in [-0.4, -0.2) is 17.9 Å². The first-order chi connectivity index (χ1) is 7.90. The molecule has 18 heavy (non-hydrogen) atoms. The quantitative estimate of drug-likeness (QED) is 0.785. The molecular weight excluding hydrogens is 277 g/mol. The number of benzene rings is 1. The van der Waals surface area contributed by atoms with Crippen LogP contribution in [0.2, 0.25) is 5.02 Å². The third-order valence-corrected chi connectivity index (χ3v) is 2.34. The van der Waals surface area contributed by atoms with E-state index in [1.165, 1.54) is 12.1 Å². The van der Waals surface area contributed by atoms with Gasteiger partial charge in [-0.3, -0.25) is 9.59 Å². The molecule has 0 saturated carbocycles. The largest absolute Gasteiger partial charge is 0.366 e. The zero-order valence-corrected chi connectivity index (χ0v) is 11.3. The van der Waals surface area contributed by atoms with Crippen LogP contribution in [0.1, 0.15) is 23.7 Å². The summed E-state index contributed by atoms with van der Waals surface area (Å²) in [5.41, 5.74) is 11.3. The van der Waals surface area contributed by atoms with Crippen LogP contribution in [0.4, 0.5) is 5.69 Å². The molecular formula is C11H15Cl2N3O2. The van der Waals surface area contributed by atoms with Gasteiger partial charge in [-0.25, -0.2) is 0 Å². The lowest BCUT2D eigenvalue weighted by molar-refractivity contribution is -0.116. The van der Waals surface area contributed by atoms with E-state index in [0.29, 0.717) is 5.69 Å². The van der Waals surface area contributed by atoms with Crippen molar-refractivity contribution < 1.29 is 9.59 Å². The van der Waals surface area contributed by atoms with E-state index in [-0.39, 0.29) is 41.4 Å². The molecule has 1 rings (SSSR count). The Morgan fingerprint density at radius 2 is 2.06 bits per heavy atom. The van der Waals surface area contributed by atoms with Crippen molar-refractivity contribution in [2.24, 2.45) is 11.5 Å². The maximum Gasteiger partial charge on any atom is 0.250 e. The molecule has 0 aliphatic rings. The van der Waals surface area contributed by atoms with Crippen LogP contribution in [-0.2, 0) is 4.79 Å². The van der Waals surface area contributed by atoms with Gasteiger partial charge in [-0.1, -0.05) is 11.6 Å². The number of carbonyl (C=O) groups is 2. The third kappa shape index (κ3) is 4.91. The predicted octanol–water partition coefficient (Wildman–Crippen LogP) is 1.54. The lowest BCUT2D eigenvalue weighted by Gasteiger charge is -2.08. The van der Waals surface area contributed by atoms with Gasteiger partial charge in [0.15, 0.2) is 0 Å². The first-order valence-corrected chi connectivity index (χ1v) is 5.42. The fourth-order valence-corrected chi connectivity index (χ4v) is 1.57. The van der Waals surface area contributed by atoms with Gasteiger partial charge < -0.3 is 16.8 Å². The number of nitrogens with one attached hydrogen (secondary N) is 1. The van der Waals surface area contributed by atoms with E-state index in [1.54, 1.807) is 13.0 Å². The van der Waals surface area contributed by atoms with E-state index >= 15 is 0 Å². The summed E-state index contributed by atoms with van der Waals surface area (Å²) in [7, 11) is 0. The predicted molar refractivity (Wildman–Crippen MR) is 74.1 cm³/mol. The highest BCUT2D eigenvalue weighted by atomic mass is 35.5. The molecule has 0 heterocycles. The summed E-state index contributed by atoms with van der Waals surface area (Å²) in [4.78, 5) is 22.4. The van der Waals surface area contributed by atoms with Crippen molar-refractivity contribution in [3.63, 3.8) is 0 Å². The second-order valence-corrected chi connectivity index (χ2v) is 4.20. The number of anilines is 1. The fourth-order valence-electron chi connectivity index (χ4n) is 1.30. The van der Waals surface area contributed by atoms with E-state index in [0.717, 1.165) is 0 Å². The maximum atomic E-state index is 11.4. The minimum atomic E-state index is -0.608. The van der Waals surface area contributed by atoms with Crippen LogP contribution >= 0.6 is 24.0 Å². The van der Waals surface area contributed by atoms with E-state index in [9.17, 15) is 9.59 Å². The van der Waals surface area contributed by atoms with Gasteiger partial charge in [0.2, 0.25) is 11.8 Å². The van der Waals surface area contributed by atoms with Gasteiger partial charge in [0.05, 0.1) is 10.6 Å². The average Bonchev–Trinajstić information content (AvgIpc) is 2.15. The average molecular weight is 292 g/mol. The van der Waals surface area contributed by atoms with Crippen molar-refractivity contribution in [2.45, 2.75) is 19.4 Å². The summed E-state index contributed by atoms with van der Waals surface area (Å²) in [5.74, 6) is -0.814. The Labute approximate surface area is 116 Å². The molecule has 0 radical (unpaired) electrons. The number of amides is 2. The van der Waals surface area contributed by atoms with Crippen molar-refractivity contribution in [1.29, 1.82) is 0 Å². The second kappa shape index (κ2) is 7.20. The maximum absolute atomic E-state index is 11.4. The summed E-state index contributed by atoms with van der Waals surface area (Å²) < 4.78 is 0. The first kappa shape index (κ1) is 16.7. The normalized spacial score (nSPS) is 11.3. The topological polar surface area (TPSA) is 98.2 Å². The Balaban J connectivity index is 0.00000289. The molecule has 5 N–H and O–H groups in total. The van der Waals surface area contributed by atoms with Crippen molar-refractivity contribution in [1.82, 2.24) is 0 Å². The van der Waals surface area contributed by atoms with Crippen LogP contribution in [0.3, 0.4) is 0 Å². The highest BCUT2D eigenvalue weighted by Gasteiger charge is 2.09. The van der Waals surface area contributed by atoms with E-state index in [4.69, 9.17) is 23.1 Å². The van der Waals surface area contributed by atoms with Crippen molar-refractivity contribution in [2.75, 3.05) is 5.32 Å². The Morgan fingerprint density at radius 3 is 2.50 bits per heavy atom. The smallest absolute Gasteiger partial charge is 0.250 e. The highest BCUT2D eigenvalue weighted by Crippen LogP contribution is 2.20. The Kier molecular flexibility index (Phi) is 6.68. The van der Waals surface area contributed by atoms with Crippen molar-refractivity contribution in [3.05, 3.63) is 28.8 Å². The molecule has 100 valence electrons. The summed E-state index contributed by atoms with van der Waals surface area (Å²) in [6.07, 6.45) is 0.217. The van der Waals surface area contributed by atoms with Crippen LogP contribution < -0.4 is 16.8 Å². The number of primary amides is 1. The molecule has 0 spiro atoms. The summed E-state index contributed by atoms with van der Waals surface area (Å²) in [6, 6.07) is 4.29. The fraction of sp³-hybridized carbons (Fsp3) is 0.273. The van der Waals surface area contributed by atoms with Gasteiger partial charge in [-0.15, -0.1) is 12.4 Å². The number of hydrogen-bond acceptors (Lipinski definition) is 3. The van der Waals surface area contributed by atoms with Crippen molar-refractivity contribution in [3.8, 4) is 0 Å². The number of rotatable bonds is 4. The molecule has 0 bridgehead atoms. The number of carbonyl (C=O) groups excluding carboxylic acids is 2. The zero-order chi connectivity index (χ0) is 13.0. The molecule has 5 nitrogen and oxygen atoms in total. The Hall–Kier alpha value is -1.30. The summed E-state index contributed by atoms with van der Waals surface area (Å²) >= 11 is 5.84. The molecule has 1 unspecified atom stereocenters. The minimum absolute atomic E-state index is 0. The standard InChI is InChI=1S/C11H14ClN3O2.ClH/c1-6(13)4-10(16)15-7-2-3-8(11(14)17)9(12)5-7;/h2-3,5-6H,4,13H2,1H3,(H2,14,17)(H,15,16);1H. The van der Waals surface area contributed by atoms with Gasteiger partial charge in [-0.05, 0) is 25.1 Å². The van der Waals surface area contributed by atoms with Crippen molar-refractivity contribution >= 4 is 41.5 Å². The molecule has 0 aromatic heterocycles. The number of halogens is 2. The number of nitrogens with two attached hydrogens (primary N) is 2. The number of hydrogen-bond donors (Lipinski definition) is 3. The molecule has 0 aliphatic carbocycles. The molecule has 1 aromatic rings. The van der Waals surface area contributed by atoms with E-state index < -0.39 is 5.91 Å². The second-order valence-electron chi connectivity index (χ2n) is 3.79.